The normalized spacial score (nSPS) is 7.81. The van der Waals surface area contributed by atoms with Gasteiger partial charge in [-0.3, -0.25) is 10.5 Å². The minimum atomic E-state index is -4.64. The average molecular weight is 329 g/mol. The Morgan fingerprint density at radius 3 is 1.06 bits per heavy atom. The maximum Gasteiger partial charge on any atom is 0.466 e. The van der Waals surface area contributed by atoms with Crippen LogP contribution in [-0.4, -0.2) is 53.4 Å². The Bertz CT molecular complexity index is 109. The summed E-state index contributed by atoms with van der Waals surface area (Å²) in [6.45, 7) is 1.93. The Labute approximate surface area is 108 Å². The van der Waals surface area contributed by atoms with Gasteiger partial charge in [-0.25, -0.2) is 4.57 Å². The van der Waals surface area contributed by atoms with Crippen LogP contribution in [0.25, 0.3) is 0 Å². The van der Waals surface area contributed by atoms with Gasteiger partial charge in [0.05, 0.1) is 0 Å². The number of hydrogen-bond acceptors (Lipinski definition) is 5. The van der Waals surface area contributed by atoms with Crippen molar-refractivity contribution in [1.82, 2.24) is 0 Å². The van der Waals surface area contributed by atoms with E-state index in [2.05, 4.69) is 0 Å². The second-order valence-corrected chi connectivity index (χ2v) is 4.08. The smallest absolute Gasteiger partial charge is 0.400 e. The summed E-state index contributed by atoms with van der Waals surface area (Å²) >= 11 is 14.4. The molecule has 0 amide bonds. The standard InChI is InChI=1S/C2H6O.CHCl3.CH4O.H3O4P.H2O2/c1-2-3;2-1(3)4;1-2;1-5(2,3)4;1-2/h3H,2H2,1H3;1H;2H,1H3;(H3,1,2,3,4);1-2H. The summed E-state index contributed by atoms with van der Waals surface area (Å²) < 4.78 is 8.13. The van der Waals surface area contributed by atoms with Gasteiger partial charge in [0.15, 0.2) is 4.30 Å². The van der Waals surface area contributed by atoms with Crippen molar-refractivity contribution in [2.75, 3.05) is 13.7 Å². The fraction of sp³-hybridized carbons (Fsp3) is 1.00. The molecule has 0 atom stereocenters. The van der Waals surface area contributed by atoms with Gasteiger partial charge in [-0.1, -0.05) is 34.8 Å². The lowest BCUT2D eigenvalue weighted by molar-refractivity contribution is -0.176. The van der Waals surface area contributed by atoms with Gasteiger partial charge in [0, 0.05) is 13.7 Å². The van der Waals surface area contributed by atoms with E-state index in [1.807, 2.05) is 0 Å². The van der Waals surface area contributed by atoms with Crippen LogP contribution < -0.4 is 0 Å². The zero-order valence-electron chi connectivity index (χ0n) is 8.40. The molecule has 0 saturated heterocycles. The highest BCUT2D eigenvalue weighted by Gasteiger charge is 2.00. The summed E-state index contributed by atoms with van der Waals surface area (Å²) in [6.07, 6.45) is 0. The first-order chi connectivity index (χ1) is 7.15. The number of hydrogen-bond donors (Lipinski definition) is 7. The van der Waals surface area contributed by atoms with E-state index in [0.29, 0.717) is 0 Å². The molecule has 0 fully saturated rings. The number of phosphoric acid groups is 1. The van der Waals surface area contributed by atoms with Gasteiger partial charge in [0.25, 0.3) is 0 Å². The van der Waals surface area contributed by atoms with Gasteiger partial charge in [-0.15, -0.1) is 0 Å². The second kappa shape index (κ2) is 29.7. The number of aliphatic hydroxyl groups is 2. The lowest BCUT2D eigenvalue weighted by atomic mass is 10.9. The third-order valence-corrected chi connectivity index (χ3v) is 0. The van der Waals surface area contributed by atoms with E-state index >= 15 is 0 Å². The Hall–Kier alpha value is 0.820. The predicted octanol–water partition coefficient (Wildman–Crippen LogP) is 0.682. The van der Waals surface area contributed by atoms with Crippen LogP contribution in [0, 0.1) is 0 Å². The predicted molar refractivity (Wildman–Crippen MR) is 61.8 cm³/mol. The largest absolute Gasteiger partial charge is 0.466 e. The first-order valence-corrected chi connectivity index (χ1v) is 5.98. The van der Waals surface area contributed by atoms with Crippen molar-refractivity contribution >= 4 is 42.6 Å². The van der Waals surface area contributed by atoms with Crippen molar-refractivity contribution in [3.8, 4) is 0 Å². The minimum Gasteiger partial charge on any atom is -0.400 e. The fourth-order valence-corrected chi connectivity index (χ4v) is 0. The summed E-state index contributed by atoms with van der Waals surface area (Å²) in [5.41, 5.74) is 0. The van der Waals surface area contributed by atoms with Crippen LogP contribution in [0.5, 0.6) is 0 Å². The molecule has 16 heavy (non-hydrogen) atoms. The lowest BCUT2D eigenvalue weighted by Crippen LogP contribution is -1.66. The van der Waals surface area contributed by atoms with Crippen LogP contribution in [0.4, 0.5) is 0 Å². The van der Waals surface area contributed by atoms with E-state index in [1.54, 1.807) is 6.92 Å². The molecule has 7 N–H and O–H groups in total. The molecule has 0 unspecified atom stereocenters. The summed E-state index contributed by atoms with van der Waals surface area (Å²) in [5.74, 6) is 0. The summed E-state index contributed by atoms with van der Waals surface area (Å²) in [7, 11) is -3.64. The quantitative estimate of drug-likeness (QED) is 0.148. The zero-order chi connectivity index (χ0) is 14.8. The topological polar surface area (TPSA) is 159 Å². The third-order valence-electron chi connectivity index (χ3n) is 0. The molecule has 0 aromatic heterocycles. The lowest BCUT2D eigenvalue weighted by Gasteiger charge is -1.82. The number of aliphatic hydroxyl groups excluding tert-OH is 2. The van der Waals surface area contributed by atoms with Crippen LogP contribution in [0.3, 0.4) is 0 Å². The van der Waals surface area contributed by atoms with E-state index in [0.717, 1.165) is 7.11 Å². The third kappa shape index (κ3) is 4210. The van der Waals surface area contributed by atoms with Gasteiger partial charge in [0.2, 0.25) is 0 Å². The summed E-state index contributed by atoms with van der Waals surface area (Å²) in [5, 5.41) is 26.6. The Morgan fingerprint density at radius 1 is 1.06 bits per heavy atom. The molecule has 0 aliphatic carbocycles. The summed E-state index contributed by atoms with van der Waals surface area (Å²) in [4.78, 5) is 21.6. The molecule has 0 aromatic carbocycles. The molecule has 0 aliphatic heterocycles. The molecule has 0 heterocycles. The SMILES string of the molecule is CCO.CO.ClC(Cl)Cl.O=P(O)(O)O.OO. The zero-order valence-corrected chi connectivity index (χ0v) is 11.6. The fourth-order valence-electron chi connectivity index (χ4n) is 0. The van der Waals surface area contributed by atoms with E-state index < -0.39 is 12.1 Å². The van der Waals surface area contributed by atoms with Gasteiger partial charge in [0.1, 0.15) is 0 Å². The Morgan fingerprint density at radius 2 is 1.06 bits per heavy atom. The highest BCUT2D eigenvalue weighted by atomic mass is 35.6. The van der Waals surface area contributed by atoms with Crippen molar-refractivity contribution in [2.45, 2.75) is 11.2 Å². The maximum atomic E-state index is 8.88. The van der Waals surface area contributed by atoms with Crippen LogP contribution >= 0.6 is 42.6 Å². The minimum absolute atomic E-state index is 0.250. The van der Waals surface area contributed by atoms with E-state index in [1.165, 1.54) is 0 Å². The van der Waals surface area contributed by atoms with Gasteiger partial charge >= 0.3 is 7.82 Å². The van der Waals surface area contributed by atoms with Crippen molar-refractivity contribution in [2.24, 2.45) is 0 Å². The molecule has 0 aliphatic rings. The first-order valence-electron chi connectivity index (χ1n) is 3.11. The number of rotatable bonds is 0. The number of halogens is 3. The molecular formula is C4H16Cl3O8P. The van der Waals surface area contributed by atoms with Crippen LogP contribution in [0.2, 0.25) is 0 Å². The first kappa shape index (κ1) is 30.1. The van der Waals surface area contributed by atoms with Crippen molar-refractivity contribution < 1.29 is 40.0 Å². The second-order valence-electron chi connectivity index (χ2n) is 1.08. The average Bonchev–Trinajstić information content (AvgIpc) is 2.08. The van der Waals surface area contributed by atoms with Gasteiger partial charge in [-0.2, -0.15) is 0 Å². The van der Waals surface area contributed by atoms with Crippen LogP contribution in [0.15, 0.2) is 0 Å². The molecular weight excluding hydrogens is 313 g/mol. The summed E-state index contributed by atoms with van der Waals surface area (Å²) in [6, 6.07) is 0. The molecule has 0 rings (SSSR count). The Kier molecular flexibility index (Phi) is 55.9. The molecule has 0 aromatic rings. The van der Waals surface area contributed by atoms with Crippen molar-refractivity contribution in [3.63, 3.8) is 0 Å². The van der Waals surface area contributed by atoms with Gasteiger partial charge in [-0.05, 0) is 6.92 Å². The highest BCUT2D eigenvalue weighted by molar-refractivity contribution is 7.45. The maximum absolute atomic E-state index is 8.88. The van der Waals surface area contributed by atoms with E-state index in [4.69, 9.17) is 74.8 Å². The molecule has 106 valence electrons. The molecule has 0 radical (unpaired) electrons. The molecule has 12 heteroatoms. The van der Waals surface area contributed by atoms with Crippen molar-refractivity contribution in [1.29, 1.82) is 0 Å². The Balaban J connectivity index is -0.0000000334. The van der Waals surface area contributed by atoms with E-state index in [-0.39, 0.29) is 6.61 Å². The van der Waals surface area contributed by atoms with E-state index in [9.17, 15) is 0 Å². The van der Waals surface area contributed by atoms with Crippen molar-refractivity contribution in [3.05, 3.63) is 0 Å². The number of alkyl halides is 3. The molecule has 0 saturated carbocycles. The van der Waals surface area contributed by atoms with Crippen LogP contribution in [-0.2, 0) is 4.57 Å². The molecule has 0 bridgehead atoms. The highest BCUT2D eigenvalue weighted by Crippen LogP contribution is 2.25. The molecule has 0 spiro atoms. The molecule has 8 nitrogen and oxygen atoms in total. The van der Waals surface area contributed by atoms with Crippen LogP contribution in [0.1, 0.15) is 6.92 Å². The van der Waals surface area contributed by atoms with Gasteiger partial charge < -0.3 is 24.9 Å². The monoisotopic (exact) mass is 328 g/mol.